The zero-order chi connectivity index (χ0) is 12.7. The van der Waals surface area contributed by atoms with Gasteiger partial charge in [-0.25, -0.2) is 8.78 Å². The number of rotatable bonds is 7. The molecule has 0 heterocycles. The van der Waals surface area contributed by atoms with Crippen molar-refractivity contribution >= 4 is 0 Å². The molecule has 0 amide bonds. The maximum Gasteiger partial charge on any atom is 0.190 e. The highest BCUT2D eigenvalue weighted by Crippen LogP contribution is 2.23. The van der Waals surface area contributed by atoms with Gasteiger partial charge in [-0.2, -0.15) is 0 Å². The van der Waals surface area contributed by atoms with Crippen LogP contribution in [0.1, 0.15) is 38.2 Å². The fourth-order valence-electron chi connectivity index (χ4n) is 1.57. The minimum absolute atomic E-state index is 0.116. The van der Waals surface area contributed by atoms with Gasteiger partial charge in [0, 0.05) is 6.54 Å². The Kier molecular flexibility index (Phi) is 5.91. The van der Waals surface area contributed by atoms with Crippen molar-refractivity contribution in [1.29, 1.82) is 0 Å². The van der Waals surface area contributed by atoms with Gasteiger partial charge in [0.1, 0.15) is 0 Å². The highest BCUT2D eigenvalue weighted by molar-refractivity contribution is 5.31. The average Bonchev–Trinajstić information content (AvgIpc) is 2.31. The Hall–Kier alpha value is -1.16. The maximum absolute atomic E-state index is 13.5. The van der Waals surface area contributed by atoms with Gasteiger partial charge in [0.2, 0.25) is 0 Å². The van der Waals surface area contributed by atoms with Crippen LogP contribution in [0.5, 0.6) is 5.75 Å². The third kappa shape index (κ3) is 4.30. The van der Waals surface area contributed by atoms with Crippen LogP contribution in [-0.4, -0.2) is 6.61 Å². The van der Waals surface area contributed by atoms with Crippen LogP contribution in [0.2, 0.25) is 0 Å². The van der Waals surface area contributed by atoms with Gasteiger partial charge in [-0.3, -0.25) is 0 Å². The highest BCUT2D eigenvalue weighted by atomic mass is 19.1. The third-order valence-electron chi connectivity index (χ3n) is 2.54. The molecule has 0 aliphatic carbocycles. The van der Waals surface area contributed by atoms with Crippen molar-refractivity contribution in [2.45, 2.75) is 39.2 Å². The quantitative estimate of drug-likeness (QED) is 0.745. The molecule has 1 rings (SSSR count). The zero-order valence-electron chi connectivity index (χ0n) is 10.1. The largest absolute Gasteiger partial charge is 0.488 e. The monoisotopic (exact) mass is 243 g/mol. The molecule has 96 valence electrons. The highest BCUT2D eigenvalue weighted by Gasteiger charge is 2.11. The van der Waals surface area contributed by atoms with Crippen LogP contribution in [0.25, 0.3) is 0 Å². The Morgan fingerprint density at radius 3 is 2.29 bits per heavy atom. The molecule has 0 aromatic heterocycles. The molecule has 0 aliphatic heterocycles. The molecule has 0 saturated heterocycles. The van der Waals surface area contributed by atoms with Crippen molar-refractivity contribution in [2.24, 2.45) is 5.73 Å². The van der Waals surface area contributed by atoms with E-state index in [2.05, 4.69) is 6.92 Å². The smallest absolute Gasteiger partial charge is 0.190 e. The van der Waals surface area contributed by atoms with Gasteiger partial charge in [0.15, 0.2) is 17.4 Å². The summed E-state index contributed by atoms with van der Waals surface area (Å²) in [6.07, 6.45) is 4.06. The van der Waals surface area contributed by atoms with E-state index in [1.807, 2.05) is 0 Å². The van der Waals surface area contributed by atoms with Crippen LogP contribution in [0.4, 0.5) is 8.78 Å². The molecular formula is C13H19F2NO. The van der Waals surface area contributed by atoms with Gasteiger partial charge < -0.3 is 10.5 Å². The molecule has 0 unspecified atom stereocenters. The summed E-state index contributed by atoms with van der Waals surface area (Å²) in [7, 11) is 0. The summed E-state index contributed by atoms with van der Waals surface area (Å²) in [6, 6.07) is 2.43. The first-order valence-corrected chi connectivity index (χ1v) is 5.99. The Balaban J connectivity index is 2.53. The van der Waals surface area contributed by atoms with Crippen LogP contribution in [0.15, 0.2) is 12.1 Å². The second-order valence-corrected chi connectivity index (χ2v) is 4.00. The first-order chi connectivity index (χ1) is 8.19. The van der Waals surface area contributed by atoms with Gasteiger partial charge in [-0.05, 0) is 24.1 Å². The lowest BCUT2D eigenvalue weighted by atomic mass is 10.2. The van der Waals surface area contributed by atoms with E-state index in [0.29, 0.717) is 12.2 Å². The van der Waals surface area contributed by atoms with Gasteiger partial charge in [0.25, 0.3) is 0 Å². The molecule has 0 fully saturated rings. The second kappa shape index (κ2) is 7.22. The summed E-state index contributed by atoms with van der Waals surface area (Å²) in [4.78, 5) is 0. The number of hydrogen-bond acceptors (Lipinski definition) is 2. The minimum atomic E-state index is -0.680. The van der Waals surface area contributed by atoms with Crippen molar-refractivity contribution in [3.05, 3.63) is 29.3 Å². The molecule has 4 heteroatoms. The molecule has 0 atom stereocenters. The number of hydrogen-bond donors (Lipinski definition) is 1. The number of benzene rings is 1. The Bertz CT molecular complexity index is 332. The maximum atomic E-state index is 13.5. The SMILES string of the molecule is CCCCCCOc1c(F)cc(CN)cc1F. The molecule has 0 radical (unpaired) electrons. The summed E-state index contributed by atoms with van der Waals surface area (Å²) in [5, 5.41) is 0. The second-order valence-electron chi connectivity index (χ2n) is 4.00. The average molecular weight is 243 g/mol. The van der Waals surface area contributed by atoms with Gasteiger partial charge in [-0.1, -0.05) is 26.2 Å². The number of halogens is 2. The Morgan fingerprint density at radius 2 is 1.76 bits per heavy atom. The zero-order valence-corrected chi connectivity index (χ0v) is 10.1. The predicted octanol–water partition coefficient (Wildman–Crippen LogP) is 3.38. The van der Waals surface area contributed by atoms with E-state index < -0.39 is 11.6 Å². The summed E-state index contributed by atoms with van der Waals surface area (Å²) >= 11 is 0. The Morgan fingerprint density at radius 1 is 1.12 bits per heavy atom. The van der Waals surface area contributed by atoms with E-state index in [0.717, 1.165) is 25.7 Å². The molecule has 0 bridgehead atoms. The number of ether oxygens (including phenoxy) is 1. The summed E-state index contributed by atoms with van der Waals surface area (Å²) < 4.78 is 32.0. The van der Waals surface area contributed by atoms with Crippen LogP contribution in [-0.2, 0) is 6.54 Å². The lowest BCUT2D eigenvalue weighted by molar-refractivity contribution is 0.275. The normalized spacial score (nSPS) is 10.6. The van der Waals surface area contributed by atoms with Crippen LogP contribution >= 0.6 is 0 Å². The molecule has 1 aromatic carbocycles. The van der Waals surface area contributed by atoms with Crippen molar-refractivity contribution in [2.75, 3.05) is 6.61 Å². The van der Waals surface area contributed by atoms with E-state index in [9.17, 15) is 8.78 Å². The lowest BCUT2D eigenvalue weighted by Gasteiger charge is -2.09. The van der Waals surface area contributed by atoms with Crippen molar-refractivity contribution < 1.29 is 13.5 Å². The Labute approximate surface area is 101 Å². The fraction of sp³-hybridized carbons (Fsp3) is 0.538. The van der Waals surface area contributed by atoms with E-state index in [-0.39, 0.29) is 12.3 Å². The summed E-state index contributed by atoms with van der Waals surface area (Å²) in [5.41, 5.74) is 5.75. The first kappa shape index (κ1) is 13.9. The molecule has 0 aliphatic rings. The lowest BCUT2D eigenvalue weighted by Crippen LogP contribution is -2.04. The predicted molar refractivity (Wildman–Crippen MR) is 63.9 cm³/mol. The minimum Gasteiger partial charge on any atom is -0.488 e. The fourth-order valence-corrected chi connectivity index (χ4v) is 1.57. The molecular weight excluding hydrogens is 224 g/mol. The van der Waals surface area contributed by atoms with E-state index in [1.54, 1.807) is 0 Å². The van der Waals surface area contributed by atoms with Crippen molar-refractivity contribution in [3.63, 3.8) is 0 Å². The molecule has 1 aromatic rings. The summed E-state index contributed by atoms with van der Waals surface area (Å²) in [6.45, 7) is 2.56. The van der Waals surface area contributed by atoms with Crippen LogP contribution in [0, 0.1) is 11.6 Å². The molecule has 0 saturated carbocycles. The molecule has 0 spiro atoms. The molecule has 2 N–H and O–H groups in total. The standard InChI is InChI=1S/C13H19F2NO/c1-2-3-4-5-6-17-13-11(14)7-10(9-16)8-12(13)15/h7-8H,2-6,9,16H2,1H3. The van der Waals surface area contributed by atoms with Crippen LogP contribution in [0.3, 0.4) is 0 Å². The molecule has 2 nitrogen and oxygen atoms in total. The molecule has 17 heavy (non-hydrogen) atoms. The third-order valence-corrected chi connectivity index (χ3v) is 2.54. The van der Waals surface area contributed by atoms with Gasteiger partial charge in [-0.15, -0.1) is 0 Å². The van der Waals surface area contributed by atoms with Crippen molar-refractivity contribution in [1.82, 2.24) is 0 Å². The van der Waals surface area contributed by atoms with Gasteiger partial charge >= 0.3 is 0 Å². The summed E-state index contributed by atoms with van der Waals surface area (Å²) in [5.74, 6) is -1.65. The van der Waals surface area contributed by atoms with Gasteiger partial charge in [0.05, 0.1) is 6.61 Å². The first-order valence-electron chi connectivity index (χ1n) is 5.99. The van der Waals surface area contributed by atoms with Crippen molar-refractivity contribution in [3.8, 4) is 5.75 Å². The number of nitrogens with two attached hydrogens (primary N) is 1. The number of unbranched alkanes of at least 4 members (excludes halogenated alkanes) is 3. The van der Waals surface area contributed by atoms with E-state index in [1.165, 1.54) is 12.1 Å². The van der Waals surface area contributed by atoms with E-state index >= 15 is 0 Å². The topological polar surface area (TPSA) is 35.2 Å². The van der Waals surface area contributed by atoms with Crippen LogP contribution < -0.4 is 10.5 Å². The van der Waals surface area contributed by atoms with E-state index in [4.69, 9.17) is 10.5 Å².